The molecule has 0 atom stereocenters. The average molecular weight is 417 g/mol. The number of rotatable bonds is 6. The Balaban J connectivity index is 1.78. The highest BCUT2D eigenvalue weighted by Gasteiger charge is 2.29. The highest BCUT2D eigenvalue weighted by molar-refractivity contribution is 7.18. The minimum atomic E-state index is -0.468. The summed E-state index contributed by atoms with van der Waals surface area (Å²) in [7, 11) is 1.58. The summed E-state index contributed by atoms with van der Waals surface area (Å²) in [5.74, 6) is -0.698. The van der Waals surface area contributed by atoms with Gasteiger partial charge in [0.25, 0.3) is 5.91 Å². The Morgan fingerprint density at radius 1 is 1.21 bits per heavy atom. The number of hydrogen-bond acceptors (Lipinski definition) is 7. The van der Waals surface area contributed by atoms with Crippen LogP contribution in [0.15, 0.2) is 24.3 Å². The van der Waals surface area contributed by atoms with Crippen molar-refractivity contribution in [1.82, 2.24) is 10.2 Å². The number of anilines is 2. The van der Waals surface area contributed by atoms with Gasteiger partial charge in [-0.25, -0.2) is 4.79 Å². The number of thiophene rings is 1. The molecule has 29 heavy (non-hydrogen) atoms. The van der Waals surface area contributed by atoms with E-state index in [0.717, 1.165) is 37.5 Å². The molecule has 3 N–H and O–H groups in total. The Hall–Kier alpha value is -2.58. The molecular weight excluding hydrogens is 388 g/mol. The molecule has 1 aromatic heterocycles. The molecule has 156 valence electrons. The van der Waals surface area contributed by atoms with E-state index in [1.54, 1.807) is 14.0 Å². The standard InChI is InChI=1S/C21H28N4O3S/c1-4-28-21(27)17-15(18(20(26)23-3)29-19(17)22)13-24-9-11-25(12-10-24)16-8-6-5-7-14(16)2/h5-8H,4,9-13,22H2,1-3H3,(H,23,26). The van der Waals surface area contributed by atoms with Crippen LogP contribution in [0.2, 0.25) is 0 Å². The van der Waals surface area contributed by atoms with Crippen molar-refractivity contribution in [2.45, 2.75) is 20.4 Å². The van der Waals surface area contributed by atoms with E-state index in [1.165, 1.54) is 11.3 Å². The highest BCUT2D eigenvalue weighted by atomic mass is 32.1. The van der Waals surface area contributed by atoms with Crippen molar-refractivity contribution in [3.05, 3.63) is 45.8 Å². The van der Waals surface area contributed by atoms with Gasteiger partial charge in [-0.05, 0) is 25.5 Å². The number of nitrogen functional groups attached to an aromatic ring is 1. The minimum absolute atomic E-state index is 0.231. The van der Waals surface area contributed by atoms with Gasteiger partial charge in [0, 0.05) is 51.0 Å². The molecule has 0 unspecified atom stereocenters. The number of para-hydroxylation sites is 1. The predicted molar refractivity (Wildman–Crippen MR) is 117 cm³/mol. The van der Waals surface area contributed by atoms with E-state index in [-0.39, 0.29) is 12.5 Å². The molecule has 7 nitrogen and oxygen atoms in total. The van der Waals surface area contributed by atoms with Gasteiger partial charge < -0.3 is 20.7 Å². The summed E-state index contributed by atoms with van der Waals surface area (Å²) in [5.41, 5.74) is 9.61. The molecule has 3 rings (SSSR count). The Morgan fingerprint density at radius 3 is 2.52 bits per heavy atom. The number of carbonyl (C=O) groups is 2. The van der Waals surface area contributed by atoms with Crippen LogP contribution in [0.1, 0.15) is 38.1 Å². The molecule has 1 aliphatic rings. The minimum Gasteiger partial charge on any atom is -0.462 e. The van der Waals surface area contributed by atoms with Crippen molar-refractivity contribution in [2.75, 3.05) is 50.5 Å². The lowest BCUT2D eigenvalue weighted by atomic mass is 10.1. The maximum atomic E-state index is 12.5. The molecule has 0 bridgehead atoms. The van der Waals surface area contributed by atoms with Crippen molar-refractivity contribution in [3.63, 3.8) is 0 Å². The number of hydrogen-bond donors (Lipinski definition) is 2. The number of amides is 1. The number of nitrogens with one attached hydrogen (secondary N) is 1. The molecule has 1 saturated heterocycles. The predicted octanol–water partition coefficient (Wildman–Crippen LogP) is 2.50. The molecule has 1 fully saturated rings. The largest absolute Gasteiger partial charge is 0.462 e. The lowest BCUT2D eigenvalue weighted by molar-refractivity contribution is 0.0525. The van der Waals surface area contributed by atoms with E-state index in [4.69, 9.17) is 10.5 Å². The molecular formula is C21H28N4O3S. The second-order valence-electron chi connectivity index (χ2n) is 7.00. The van der Waals surface area contributed by atoms with Gasteiger partial charge >= 0.3 is 5.97 Å². The van der Waals surface area contributed by atoms with Gasteiger partial charge in [0.2, 0.25) is 0 Å². The topological polar surface area (TPSA) is 87.9 Å². The summed E-state index contributed by atoms with van der Waals surface area (Å²) in [4.78, 5) is 29.9. The first-order chi connectivity index (χ1) is 14.0. The quantitative estimate of drug-likeness (QED) is 0.704. The van der Waals surface area contributed by atoms with Gasteiger partial charge in [0.15, 0.2) is 0 Å². The molecule has 1 aromatic carbocycles. The fraction of sp³-hybridized carbons (Fsp3) is 0.429. The maximum absolute atomic E-state index is 12.5. The van der Waals surface area contributed by atoms with Crippen LogP contribution in [0.25, 0.3) is 0 Å². The molecule has 2 heterocycles. The summed E-state index contributed by atoms with van der Waals surface area (Å²) in [6.45, 7) is 8.06. The van der Waals surface area contributed by atoms with Crippen LogP contribution in [-0.4, -0.2) is 56.6 Å². The van der Waals surface area contributed by atoms with Gasteiger partial charge in [0.1, 0.15) is 5.00 Å². The fourth-order valence-corrected chi connectivity index (χ4v) is 4.66. The number of nitrogens with two attached hydrogens (primary N) is 1. The van der Waals surface area contributed by atoms with E-state index in [1.807, 2.05) is 6.07 Å². The lowest BCUT2D eigenvalue weighted by Gasteiger charge is -2.37. The van der Waals surface area contributed by atoms with Gasteiger partial charge in [-0.3, -0.25) is 9.69 Å². The molecule has 8 heteroatoms. The van der Waals surface area contributed by atoms with Crippen LogP contribution >= 0.6 is 11.3 Å². The Bertz CT molecular complexity index is 888. The van der Waals surface area contributed by atoms with Gasteiger partial charge in [-0.15, -0.1) is 11.3 Å². The van der Waals surface area contributed by atoms with E-state index in [2.05, 4.69) is 40.2 Å². The molecule has 0 spiro atoms. The number of piperazine rings is 1. The number of carbonyl (C=O) groups excluding carboxylic acids is 2. The molecule has 2 aromatic rings. The number of benzene rings is 1. The van der Waals surface area contributed by atoms with Gasteiger partial charge in [-0.1, -0.05) is 18.2 Å². The van der Waals surface area contributed by atoms with Crippen LogP contribution in [0.3, 0.4) is 0 Å². The SMILES string of the molecule is CCOC(=O)c1c(N)sc(C(=O)NC)c1CN1CCN(c2ccccc2C)CC1. The smallest absolute Gasteiger partial charge is 0.341 e. The van der Waals surface area contributed by atoms with Crippen LogP contribution in [0.4, 0.5) is 10.7 Å². The number of nitrogens with zero attached hydrogens (tertiary/aromatic N) is 2. The molecule has 0 saturated carbocycles. The number of ether oxygens (including phenoxy) is 1. The van der Waals surface area contributed by atoms with Crippen molar-refractivity contribution in [1.29, 1.82) is 0 Å². The summed E-state index contributed by atoms with van der Waals surface area (Å²) < 4.78 is 5.18. The first kappa shape index (κ1) is 21.1. The zero-order chi connectivity index (χ0) is 21.0. The fourth-order valence-electron chi connectivity index (χ4n) is 3.65. The normalized spacial score (nSPS) is 14.7. The zero-order valence-electron chi connectivity index (χ0n) is 17.2. The molecule has 1 amide bonds. The molecule has 0 aliphatic carbocycles. The summed E-state index contributed by atoms with van der Waals surface area (Å²) in [6, 6.07) is 8.38. The van der Waals surface area contributed by atoms with Gasteiger partial charge in [-0.2, -0.15) is 0 Å². The summed E-state index contributed by atoms with van der Waals surface area (Å²) in [5, 5.41) is 2.97. The number of aryl methyl sites for hydroxylation is 1. The van der Waals surface area contributed by atoms with Crippen LogP contribution in [0, 0.1) is 6.92 Å². The maximum Gasteiger partial charge on any atom is 0.341 e. The van der Waals surface area contributed by atoms with Crippen LogP contribution < -0.4 is 16.0 Å². The molecule has 0 radical (unpaired) electrons. The zero-order valence-corrected chi connectivity index (χ0v) is 18.0. The monoisotopic (exact) mass is 416 g/mol. The van der Waals surface area contributed by atoms with Crippen LogP contribution in [-0.2, 0) is 11.3 Å². The summed E-state index contributed by atoms with van der Waals surface area (Å²) in [6.07, 6.45) is 0. The first-order valence-corrected chi connectivity index (χ1v) is 10.6. The van der Waals surface area contributed by atoms with E-state index in [0.29, 0.717) is 27.5 Å². The second-order valence-corrected chi connectivity index (χ2v) is 8.05. The first-order valence-electron chi connectivity index (χ1n) is 9.79. The van der Waals surface area contributed by atoms with E-state index < -0.39 is 5.97 Å². The number of esters is 1. The second kappa shape index (κ2) is 9.28. The average Bonchev–Trinajstić information content (AvgIpc) is 3.04. The van der Waals surface area contributed by atoms with Gasteiger partial charge in [0.05, 0.1) is 17.0 Å². The molecule has 1 aliphatic heterocycles. The highest BCUT2D eigenvalue weighted by Crippen LogP contribution is 2.33. The lowest BCUT2D eigenvalue weighted by Crippen LogP contribution is -2.46. The third-order valence-corrected chi connectivity index (χ3v) is 6.22. The Kier molecular flexibility index (Phi) is 6.76. The van der Waals surface area contributed by atoms with Crippen molar-refractivity contribution in [3.8, 4) is 0 Å². The Labute approximate surface area is 175 Å². The summed E-state index contributed by atoms with van der Waals surface area (Å²) >= 11 is 1.14. The Morgan fingerprint density at radius 2 is 1.90 bits per heavy atom. The van der Waals surface area contributed by atoms with Crippen molar-refractivity contribution >= 4 is 33.9 Å². The van der Waals surface area contributed by atoms with Crippen molar-refractivity contribution < 1.29 is 14.3 Å². The van der Waals surface area contributed by atoms with E-state index in [9.17, 15) is 9.59 Å². The third-order valence-electron chi connectivity index (χ3n) is 5.16. The third kappa shape index (κ3) is 4.54. The van der Waals surface area contributed by atoms with Crippen molar-refractivity contribution in [2.24, 2.45) is 0 Å². The van der Waals surface area contributed by atoms with E-state index >= 15 is 0 Å². The van der Waals surface area contributed by atoms with Crippen LogP contribution in [0.5, 0.6) is 0 Å².